The molecule has 2 aromatic rings. The van der Waals surface area contributed by atoms with Crippen molar-refractivity contribution in [3.63, 3.8) is 0 Å². The molecule has 0 saturated heterocycles. The highest BCUT2D eigenvalue weighted by Crippen LogP contribution is 2.23. The molecule has 0 unspecified atom stereocenters. The number of aromatic nitrogens is 3. The van der Waals surface area contributed by atoms with Crippen molar-refractivity contribution in [3.05, 3.63) is 28.2 Å². The summed E-state index contributed by atoms with van der Waals surface area (Å²) in [6.45, 7) is 5.78. The van der Waals surface area contributed by atoms with Crippen LogP contribution in [0.1, 0.15) is 19.4 Å². The minimum atomic E-state index is -0.0414. The SMILES string of the molecule is Cc1cc(Br)ccc1Nc1nc(NN)nc(OC(C)C)n1. The van der Waals surface area contributed by atoms with E-state index in [1.165, 1.54) is 0 Å². The fourth-order valence-corrected chi connectivity index (χ4v) is 2.10. The zero-order valence-electron chi connectivity index (χ0n) is 12.0. The van der Waals surface area contributed by atoms with E-state index in [0.29, 0.717) is 5.95 Å². The minimum absolute atomic E-state index is 0.0414. The number of rotatable bonds is 5. The molecule has 0 radical (unpaired) electrons. The van der Waals surface area contributed by atoms with Gasteiger partial charge < -0.3 is 10.1 Å². The Morgan fingerprint density at radius 3 is 2.52 bits per heavy atom. The van der Waals surface area contributed by atoms with Crippen molar-refractivity contribution >= 4 is 33.5 Å². The molecule has 1 aromatic heterocycles. The summed E-state index contributed by atoms with van der Waals surface area (Å²) in [4.78, 5) is 12.4. The van der Waals surface area contributed by atoms with Crippen LogP contribution in [-0.2, 0) is 0 Å². The zero-order valence-corrected chi connectivity index (χ0v) is 13.6. The summed E-state index contributed by atoms with van der Waals surface area (Å²) >= 11 is 3.43. The van der Waals surface area contributed by atoms with Gasteiger partial charge in [-0.3, -0.25) is 5.43 Å². The third kappa shape index (κ3) is 4.27. The first-order valence-electron chi connectivity index (χ1n) is 6.40. The van der Waals surface area contributed by atoms with Gasteiger partial charge in [-0.05, 0) is 44.5 Å². The molecule has 21 heavy (non-hydrogen) atoms. The summed E-state index contributed by atoms with van der Waals surface area (Å²) in [5.74, 6) is 5.96. The molecule has 8 heteroatoms. The van der Waals surface area contributed by atoms with Crippen LogP contribution in [-0.4, -0.2) is 21.1 Å². The number of nitrogens with one attached hydrogen (secondary N) is 2. The Bertz CT molecular complexity index is 634. The van der Waals surface area contributed by atoms with Gasteiger partial charge >= 0.3 is 6.01 Å². The summed E-state index contributed by atoms with van der Waals surface area (Å²) in [5, 5.41) is 3.13. The highest BCUT2D eigenvalue weighted by atomic mass is 79.9. The van der Waals surface area contributed by atoms with Crippen LogP contribution in [0.5, 0.6) is 6.01 Å². The monoisotopic (exact) mass is 352 g/mol. The van der Waals surface area contributed by atoms with Crippen LogP contribution >= 0.6 is 15.9 Å². The van der Waals surface area contributed by atoms with Gasteiger partial charge in [-0.15, -0.1) is 0 Å². The van der Waals surface area contributed by atoms with Crippen LogP contribution in [0, 0.1) is 6.92 Å². The number of ether oxygens (including phenoxy) is 1. The van der Waals surface area contributed by atoms with E-state index in [0.717, 1.165) is 15.7 Å². The molecule has 0 aliphatic heterocycles. The lowest BCUT2D eigenvalue weighted by atomic mass is 10.2. The van der Waals surface area contributed by atoms with Gasteiger partial charge in [0, 0.05) is 10.2 Å². The number of anilines is 3. The van der Waals surface area contributed by atoms with Gasteiger partial charge in [-0.2, -0.15) is 15.0 Å². The van der Waals surface area contributed by atoms with E-state index < -0.39 is 0 Å². The molecule has 0 bridgehead atoms. The van der Waals surface area contributed by atoms with E-state index in [1.54, 1.807) is 0 Å². The van der Waals surface area contributed by atoms with Crippen LogP contribution in [0.3, 0.4) is 0 Å². The molecular weight excluding hydrogens is 336 g/mol. The number of halogens is 1. The molecule has 112 valence electrons. The Morgan fingerprint density at radius 1 is 1.19 bits per heavy atom. The molecule has 1 aromatic carbocycles. The van der Waals surface area contributed by atoms with E-state index in [9.17, 15) is 0 Å². The lowest BCUT2D eigenvalue weighted by Gasteiger charge is -2.12. The molecule has 0 spiro atoms. The normalized spacial score (nSPS) is 10.6. The summed E-state index contributed by atoms with van der Waals surface area (Å²) in [6, 6.07) is 6.08. The fraction of sp³-hybridized carbons (Fsp3) is 0.308. The fourth-order valence-electron chi connectivity index (χ4n) is 1.63. The topological polar surface area (TPSA) is 98.0 Å². The van der Waals surface area contributed by atoms with E-state index in [2.05, 4.69) is 41.6 Å². The van der Waals surface area contributed by atoms with Gasteiger partial charge in [0.05, 0.1) is 6.10 Å². The summed E-state index contributed by atoms with van der Waals surface area (Å²) in [6.07, 6.45) is -0.0414. The van der Waals surface area contributed by atoms with E-state index in [4.69, 9.17) is 10.6 Å². The van der Waals surface area contributed by atoms with Crippen molar-refractivity contribution in [1.82, 2.24) is 15.0 Å². The minimum Gasteiger partial charge on any atom is -0.461 e. The second-order valence-electron chi connectivity index (χ2n) is 4.66. The predicted octanol–water partition coefficient (Wildman–Crippen LogP) is 2.76. The number of nitrogen functional groups attached to an aromatic ring is 1. The van der Waals surface area contributed by atoms with Crippen molar-refractivity contribution in [1.29, 1.82) is 0 Å². The molecule has 0 atom stereocenters. The second-order valence-corrected chi connectivity index (χ2v) is 5.58. The molecule has 7 nitrogen and oxygen atoms in total. The third-order valence-corrected chi connectivity index (χ3v) is 3.01. The highest BCUT2D eigenvalue weighted by molar-refractivity contribution is 9.10. The molecular formula is C13H17BrN6O. The smallest absolute Gasteiger partial charge is 0.323 e. The zero-order chi connectivity index (χ0) is 15.4. The number of nitrogens with zero attached hydrogens (tertiary/aromatic N) is 3. The second kappa shape index (κ2) is 6.68. The van der Waals surface area contributed by atoms with Gasteiger partial charge in [-0.25, -0.2) is 5.84 Å². The number of nitrogens with two attached hydrogens (primary N) is 1. The van der Waals surface area contributed by atoms with Gasteiger partial charge in [0.15, 0.2) is 0 Å². The molecule has 0 fully saturated rings. The average Bonchev–Trinajstić information content (AvgIpc) is 2.41. The number of aryl methyl sites for hydroxylation is 1. The highest BCUT2D eigenvalue weighted by Gasteiger charge is 2.09. The number of hydrogen-bond donors (Lipinski definition) is 3. The van der Waals surface area contributed by atoms with Crippen molar-refractivity contribution in [3.8, 4) is 6.01 Å². The summed E-state index contributed by atoms with van der Waals surface area (Å²) in [5.41, 5.74) is 4.35. The third-order valence-electron chi connectivity index (χ3n) is 2.52. The lowest BCUT2D eigenvalue weighted by molar-refractivity contribution is 0.222. The molecule has 0 aliphatic rings. The molecule has 0 amide bonds. The van der Waals surface area contributed by atoms with Crippen LogP contribution < -0.4 is 21.3 Å². The van der Waals surface area contributed by atoms with Crippen molar-refractivity contribution < 1.29 is 4.74 Å². The molecule has 0 saturated carbocycles. The first-order chi connectivity index (χ1) is 9.97. The van der Waals surface area contributed by atoms with Crippen LogP contribution in [0.25, 0.3) is 0 Å². The van der Waals surface area contributed by atoms with Crippen LogP contribution in [0.4, 0.5) is 17.6 Å². The average molecular weight is 353 g/mol. The summed E-state index contributed by atoms with van der Waals surface area (Å²) in [7, 11) is 0. The quantitative estimate of drug-likeness (QED) is 0.562. The molecule has 1 heterocycles. The first-order valence-corrected chi connectivity index (χ1v) is 7.19. The Kier molecular flexibility index (Phi) is 4.92. The summed E-state index contributed by atoms with van der Waals surface area (Å²) < 4.78 is 6.49. The van der Waals surface area contributed by atoms with Crippen LogP contribution in [0.2, 0.25) is 0 Å². The van der Waals surface area contributed by atoms with Gasteiger partial charge in [0.1, 0.15) is 0 Å². The standard InChI is InChI=1S/C13H17BrN6O/c1-7(2)21-13-18-11(17-12(19-13)20-15)16-10-5-4-9(14)6-8(10)3/h4-7H,15H2,1-3H3,(H2,16,17,18,19,20). The number of hydrazine groups is 1. The predicted molar refractivity (Wildman–Crippen MR) is 85.6 cm³/mol. The maximum Gasteiger partial charge on any atom is 0.323 e. The maximum atomic E-state index is 5.48. The van der Waals surface area contributed by atoms with Gasteiger partial charge in [-0.1, -0.05) is 15.9 Å². The Hall–Kier alpha value is -1.93. The van der Waals surface area contributed by atoms with Crippen molar-refractivity contribution in [2.24, 2.45) is 5.84 Å². The maximum absolute atomic E-state index is 5.48. The number of benzene rings is 1. The van der Waals surface area contributed by atoms with Crippen molar-refractivity contribution in [2.75, 3.05) is 10.7 Å². The molecule has 4 N–H and O–H groups in total. The van der Waals surface area contributed by atoms with E-state index in [1.807, 2.05) is 39.0 Å². The Labute approximate surface area is 131 Å². The number of hydrogen-bond acceptors (Lipinski definition) is 7. The lowest BCUT2D eigenvalue weighted by Crippen LogP contribution is -2.15. The first kappa shape index (κ1) is 15.5. The molecule has 2 rings (SSSR count). The largest absolute Gasteiger partial charge is 0.461 e. The van der Waals surface area contributed by atoms with Gasteiger partial charge in [0.25, 0.3) is 0 Å². The Balaban J connectivity index is 2.29. The van der Waals surface area contributed by atoms with Crippen molar-refractivity contribution in [2.45, 2.75) is 26.9 Å². The van der Waals surface area contributed by atoms with Gasteiger partial charge in [0.2, 0.25) is 11.9 Å². The van der Waals surface area contributed by atoms with E-state index in [-0.39, 0.29) is 18.1 Å². The molecule has 0 aliphatic carbocycles. The Morgan fingerprint density at radius 2 is 1.90 bits per heavy atom. The van der Waals surface area contributed by atoms with Crippen LogP contribution in [0.15, 0.2) is 22.7 Å². The van der Waals surface area contributed by atoms with E-state index >= 15 is 0 Å².